The highest BCUT2D eigenvalue weighted by Crippen LogP contribution is 2.19. The van der Waals surface area contributed by atoms with E-state index in [-0.39, 0.29) is 11.8 Å². The topological polar surface area (TPSA) is 67.1 Å². The summed E-state index contributed by atoms with van der Waals surface area (Å²) in [6.45, 7) is 3.03. The first kappa shape index (κ1) is 13.0. The minimum atomic E-state index is -0.451. The Labute approximate surface area is 107 Å². The van der Waals surface area contributed by atoms with Crippen LogP contribution in [-0.2, 0) is 0 Å². The molecule has 0 amide bonds. The first-order valence-electron chi connectivity index (χ1n) is 6.35. The third-order valence-electron chi connectivity index (χ3n) is 3.45. The number of aromatic nitrogens is 2. The zero-order chi connectivity index (χ0) is 13.0. The minimum Gasteiger partial charge on any atom is -0.368 e. The van der Waals surface area contributed by atoms with Crippen molar-refractivity contribution in [3.63, 3.8) is 0 Å². The van der Waals surface area contributed by atoms with Crippen molar-refractivity contribution in [3.8, 4) is 0 Å². The Morgan fingerprint density at radius 3 is 2.94 bits per heavy atom. The number of likely N-dealkylation sites (tertiary alicyclic amines) is 1. The number of hydrogen-bond donors (Lipinski definition) is 2. The highest BCUT2D eigenvalue weighted by molar-refractivity contribution is 5.38. The zero-order valence-corrected chi connectivity index (χ0v) is 10.7. The van der Waals surface area contributed by atoms with E-state index in [1.807, 2.05) is 0 Å². The molecular formula is C12H20FN5. The average Bonchev–Trinajstić information content (AvgIpc) is 2.36. The van der Waals surface area contributed by atoms with Crippen molar-refractivity contribution in [1.29, 1.82) is 0 Å². The Balaban J connectivity index is 1.76. The second-order valence-electron chi connectivity index (χ2n) is 4.89. The number of nitrogen functional groups attached to an aromatic ring is 1. The molecule has 2 heterocycles. The molecule has 0 saturated carbocycles. The minimum absolute atomic E-state index is 0.0955. The Morgan fingerprint density at radius 1 is 1.50 bits per heavy atom. The standard InChI is InChI=1S/C12H20FN5/c1-18-6-3-9(4-7-18)2-5-15-11-10(13)8-16-12(14)17-11/h8-9H,2-7H2,1H3,(H3,14,15,16,17). The molecule has 1 saturated heterocycles. The van der Waals surface area contributed by atoms with Gasteiger partial charge in [0.05, 0.1) is 6.20 Å². The Morgan fingerprint density at radius 2 is 2.22 bits per heavy atom. The molecule has 1 aromatic rings. The number of rotatable bonds is 4. The van der Waals surface area contributed by atoms with Gasteiger partial charge in [0, 0.05) is 6.54 Å². The lowest BCUT2D eigenvalue weighted by molar-refractivity contribution is 0.215. The van der Waals surface area contributed by atoms with E-state index in [2.05, 4.69) is 27.2 Å². The summed E-state index contributed by atoms with van der Waals surface area (Å²) in [7, 11) is 2.15. The van der Waals surface area contributed by atoms with Crippen molar-refractivity contribution < 1.29 is 4.39 Å². The van der Waals surface area contributed by atoms with E-state index >= 15 is 0 Å². The molecular weight excluding hydrogens is 233 g/mol. The van der Waals surface area contributed by atoms with Crippen molar-refractivity contribution in [2.45, 2.75) is 19.3 Å². The highest BCUT2D eigenvalue weighted by atomic mass is 19.1. The molecule has 1 aliphatic rings. The van der Waals surface area contributed by atoms with Gasteiger partial charge in [-0.3, -0.25) is 0 Å². The van der Waals surface area contributed by atoms with Crippen LogP contribution in [0, 0.1) is 11.7 Å². The third kappa shape index (κ3) is 3.53. The fourth-order valence-electron chi connectivity index (χ4n) is 2.25. The molecule has 5 nitrogen and oxygen atoms in total. The summed E-state index contributed by atoms with van der Waals surface area (Å²) in [4.78, 5) is 9.77. The van der Waals surface area contributed by atoms with Crippen LogP contribution in [0.4, 0.5) is 16.2 Å². The van der Waals surface area contributed by atoms with Crippen LogP contribution in [0.5, 0.6) is 0 Å². The largest absolute Gasteiger partial charge is 0.368 e. The summed E-state index contributed by atoms with van der Waals surface area (Å²) in [6, 6.07) is 0. The summed E-state index contributed by atoms with van der Waals surface area (Å²) in [5.41, 5.74) is 5.42. The van der Waals surface area contributed by atoms with Gasteiger partial charge in [0.2, 0.25) is 5.95 Å². The molecule has 0 atom stereocenters. The van der Waals surface area contributed by atoms with Gasteiger partial charge in [-0.05, 0) is 45.3 Å². The Bertz CT molecular complexity index is 390. The van der Waals surface area contributed by atoms with E-state index < -0.39 is 5.82 Å². The fraction of sp³-hybridized carbons (Fsp3) is 0.667. The molecule has 0 radical (unpaired) electrons. The lowest BCUT2D eigenvalue weighted by Crippen LogP contribution is -2.30. The maximum absolute atomic E-state index is 13.3. The van der Waals surface area contributed by atoms with E-state index in [9.17, 15) is 4.39 Å². The van der Waals surface area contributed by atoms with Crippen LogP contribution in [0.15, 0.2) is 6.20 Å². The molecule has 2 rings (SSSR count). The van der Waals surface area contributed by atoms with Crippen LogP contribution in [0.3, 0.4) is 0 Å². The number of piperidine rings is 1. The van der Waals surface area contributed by atoms with Crippen molar-refractivity contribution in [2.75, 3.05) is 37.7 Å². The number of nitrogens with one attached hydrogen (secondary N) is 1. The molecule has 0 bridgehead atoms. The van der Waals surface area contributed by atoms with Crippen LogP contribution >= 0.6 is 0 Å². The summed E-state index contributed by atoms with van der Waals surface area (Å²) in [5, 5.41) is 2.99. The lowest BCUT2D eigenvalue weighted by Gasteiger charge is -2.28. The first-order chi connectivity index (χ1) is 8.65. The first-order valence-corrected chi connectivity index (χ1v) is 6.35. The summed E-state index contributed by atoms with van der Waals surface area (Å²) in [6.07, 6.45) is 4.57. The predicted octanol–water partition coefficient (Wildman–Crippen LogP) is 1.34. The zero-order valence-electron chi connectivity index (χ0n) is 10.7. The van der Waals surface area contributed by atoms with E-state index in [1.165, 1.54) is 12.8 Å². The fourth-order valence-corrected chi connectivity index (χ4v) is 2.25. The van der Waals surface area contributed by atoms with E-state index in [0.717, 1.165) is 38.2 Å². The van der Waals surface area contributed by atoms with Gasteiger partial charge in [0.25, 0.3) is 0 Å². The predicted molar refractivity (Wildman–Crippen MR) is 69.7 cm³/mol. The lowest BCUT2D eigenvalue weighted by atomic mass is 9.94. The van der Waals surface area contributed by atoms with Crippen LogP contribution in [0.25, 0.3) is 0 Å². The van der Waals surface area contributed by atoms with Gasteiger partial charge < -0.3 is 16.0 Å². The maximum Gasteiger partial charge on any atom is 0.222 e. The quantitative estimate of drug-likeness (QED) is 0.847. The average molecular weight is 253 g/mol. The molecule has 6 heteroatoms. The van der Waals surface area contributed by atoms with Gasteiger partial charge in [-0.1, -0.05) is 0 Å². The second-order valence-corrected chi connectivity index (χ2v) is 4.89. The number of anilines is 2. The Kier molecular flexibility index (Phi) is 4.30. The highest BCUT2D eigenvalue weighted by Gasteiger charge is 2.16. The normalized spacial score (nSPS) is 17.9. The van der Waals surface area contributed by atoms with Gasteiger partial charge in [0.1, 0.15) is 0 Å². The molecule has 0 aromatic carbocycles. The van der Waals surface area contributed by atoms with Gasteiger partial charge in [-0.2, -0.15) is 4.98 Å². The second kappa shape index (κ2) is 5.95. The Hall–Kier alpha value is -1.43. The number of nitrogens with two attached hydrogens (primary N) is 1. The molecule has 1 aromatic heterocycles. The number of halogens is 1. The van der Waals surface area contributed by atoms with E-state index in [1.54, 1.807) is 0 Å². The molecule has 3 N–H and O–H groups in total. The molecule has 18 heavy (non-hydrogen) atoms. The van der Waals surface area contributed by atoms with Gasteiger partial charge in [-0.25, -0.2) is 9.37 Å². The van der Waals surface area contributed by atoms with Crippen molar-refractivity contribution in [3.05, 3.63) is 12.0 Å². The van der Waals surface area contributed by atoms with Crippen molar-refractivity contribution >= 4 is 11.8 Å². The van der Waals surface area contributed by atoms with Crippen LogP contribution in [0.1, 0.15) is 19.3 Å². The van der Waals surface area contributed by atoms with Crippen LogP contribution in [0.2, 0.25) is 0 Å². The monoisotopic (exact) mass is 253 g/mol. The maximum atomic E-state index is 13.3. The number of nitrogens with zero attached hydrogens (tertiary/aromatic N) is 3. The SMILES string of the molecule is CN1CCC(CCNc2nc(N)ncc2F)CC1. The van der Waals surface area contributed by atoms with Gasteiger partial charge in [0.15, 0.2) is 11.6 Å². The summed E-state index contributed by atoms with van der Waals surface area (Å²) >= 11 is 0. The third-order valence-corrected chi connectivity index (χ3v) is 3.45. The molecule has 0 aliphatic carbocycles. The molecule has 1 aliphatic heterocycles. The molecule has 0 spiro atoms. The van der Waals surface area contributed by atoms with Crippen molar-refractivity contribution in [2.24, 2.45) is 5.92 Å². The molecule has 100 valence electrons. The summed E-state index contributed by atoms with van der Waals surface area (Å²) < 4.78 is 13.3. The molecule has 1 fully saturated rings. The van der Waals surface area contributed by atoms with Gasteiger partial charge in [-0.15, -0.1) is 0 Å². The van der Waals surface area contributed by atoms with Gasteiger partial charge >= 0.3 is 0 Å². The van der Waals surface area contributed by atoms with Crippen molar-refractivity contribution in [1.82, 2.24) is 14.9 Å². The summed E-state index contributed by atoms with van der Waals surface area (Å²) in [5.74, 6) is 0.567. The molecule has 0 unspecified atom stereocenters. The van der Waals surface area contributed by atoms with E-state index in [4.69, 9.17) is 5.73 Å². The van der Waals surface area contributed by atoms with E-state index in [0.29, 0.717) is 0 Å². The number of hydrogen-bond acceptors (Lipinski definition) is 5. The van der Waals surface area contributed by atoms with Crippen LogP contribution < -0.4 is 11.1 Å². The smallest absolute Gasteiger partial charge is 0.222 e. The van der Waals surface area contributed by atoms with Crippen LogP contribution in [-0.4, -0.2) is 41.5 Å².